The quantitative estimate of drug-likeness (QED) is 0.663. The number of nitrogens with two attached hydrogens (primary N) is 1. The minimum atomic E-state index is -0.275. The van der Waals surface area contributed by atoms with E-state index in [4.69, 9.17) is 5.73 Å². The number of rotatable bonds is 5. The summed E-state index contributed by atoms with van der Waals surface area (Å²) in [6.07, 6.45) is 5.17. The predicted octanol–water partition coefficient (Wildman–Crippen LogP) is 3.41. The van der Waals surface area contributed by atoms with Gasteiger partial charge in [-0.1, -0.05) is 6.42 Å². The predicted molar refractivity (Wildman–Crippen MR) is 116 cm³/mol. The number of nitrogen functional groups attached to an aromatic ring is 1. The van der Waals surface area contributed by atoms with E-state index in [0.29, 0.717) is 35.1 Å². The van der Waals surface area contributed by atoms with E-state index in [-0.39, 0.29) is 18.2 Å². The second kappa shape index (κ2) is 9.43. The van der Waals surface area contributed by atoms with Crippen molar-refractivity contribution in [2.24, 2.45) is 0 Å². The number of likely N-dealkylation sites (N-methyl/N-ethyl adjacent to an activating group) is 1. The van der Waals surface area contributed by atoms with Crippen LogP contribution in [-0.4, -0.2) is 46.0 Å². The Bertz CT molecular complexity index is 983. The molecular weight excluding hydrogens is 391 g/mol. The van der Waals surface area contributed by atoms with Gasteiger partial charge in [0.05, 0.1) is 11.2 Å². The lowest BCUT2D eigenvalue weighted by Crippen LogP contribution is -2.42. The Balaban J connectivity index is 0.00000240. The number of benzene rings is 1. The lowest BCUT2D eigenvalue weighted by molar-refractivity contribution is 0.181. The van der Waals surface area contributed by atoms with Gasteiger partial charge in [-0.2, -0.15) is 0 Å². The number of likely N-dealkylation sites (tertiary alicyclic amines) is 1. The Kier molecular flexibility index (Phi) is 6.95. The summed E-state index contributed by atoms with van der Waals surface area (Å²) < 4.78 is 14.2. The molecule has 0 amide bonds. The van der Waals surface area contributed by atoms with E-state index in [1.807, 2.05) is 18.2 Å². The molecule has 0 saturated carbocycles. The van der Waals surface area contributed by atoms with Crippen LogP contribution in [0.2, 0.25) is 0 Å². The van der Waals surface area contributed by atoms with Gasteiger partial charge in [-0.25, -0.2) is 19.3 Å². The summed E-state index contributed by atoms with van der Waals surface area (Å²) in [6.45, 7) is 2.68. The fourth-order valence-electron chi connectivity index (χ4n) is 3.81. The summed E-state index contributed by atoms with van der Waals surface area (Å²) in [6, 6.07) is 9.24. The van der Waals surface area contributed by atoms with Crippen molar-refractivity contribution in [3.63, 3.8) is 0 Å². The molecule has 1 aromatic carbocycles. The molecule has 0 aliphatic carbocycles. The van der Waals surface area contributed by atoms with Gasteiger partial charge in [-0.3, -0.25) is 0 Å². The highest BCUT2D eigenvalue weighted by Crippen LogP contribution is 2.24. The third kappa shape index (κ3) is 4.98. The van der Waals surface area contributed by atoms with Gasteiger partial charge in [0, 0.05) is 24.7 Å². The van der Waals surface area contributed by atoms with E-state index in [0.717, 1.165) is 24.2 Å². The van der Waals surface area contributed by atoms with Crippen LogP contribution in [0.25, 0.3) is 22.3 Å². The Morgan fingerprint density at radius 1 is 1.21 bits per heavy atom. The van der Waals surface area contributed by atoms with Gasteiger partial charge in [-0.05, 0) is 62.3 Å². The van der Waals surface area contributed by atoms with E-state index in [9.17, 15) is 4.39 Å². The van der Waals surface area contributed by atoms with Crippen molar-refractivity contribution < 1.29 is 4.39 Å². The van der Waals surface area contributed by atoms with E-state index in [1.165, 1.54) is 31.7 Å². The molecule has 8 heteroatoms. The number of halogens is 2. The summed E-state index contributed by atoms with van der Waals surface area (Å²) >= 11 is 0. The number of aromatic nitrogens is 3. The zero-order valence-corrected chi connectivity index (χ0v) is 17.3. The third-order valence-electron chi connectivity index (χ3n) is 5.39. The second-order valence-electron chi connectivity index (χ2n) is 7.43. The van der Waals surface area contributed by atoms with Crippen LogP contribution >= 0.6 is 12.4 Å². The molecule has 29 heavy (non-hydrogen) atoms. The van der Waals surface area contributed by atoms with E-state index < -0.39 is 0 Å². The third-order valence-corrected chi connectivity index (χ3v) is 5.39. The minimum absolute atomic E-state index is 0. The zero-order chi connectivity index (χ0) is 19.5. The lowest BCUT2D eigenvalue weighted by atomic mass is 10.0. The molecule has 1 saturated heterocycles. The smallest absolute Gasteiger partial charge is 0.153 e. The largest absolute Gasteiger partial charge is 0.382 e. The monoisotopic (exact) mass is 416 g/mol. The van der Waals surface area contributed by atoms with Crippen molar-refractivity contribution in [3.05, 3.63) is 48.0 Å². The molecule has 0 radical (unpaired) electrons. The first kappa shape index (κ1) is 21.4. The first-order chi connectivity index (χ1) is 13.6. The SMILES string of the molecule is CN1CCCCC1CNCc1cc(F)cc(-c2ccc3ncnc(N)c3n2)c1.Cl. The molecule has 3 aromatic rings. The fourth-order valence-corrected chi connectivity index (χ4v) is 3.81. The summed E-state index contributed by atoms with van der Waals surface area (Å²) in [4.78, 5) is 15.1. The molecule has 1 unspecified atom stereocenters. The van der Waals surface area contributed by atoms with Crippen LogP contribution in [0.15, 0.2) is 36.7 Å². The number of pyridine rings is 1. The summed E-state index contributed by atoms with van der Waals surface area (Å²) in [7, 11) is 2.17. The van der Waals surface area contributed by atoms with E-state index in [2.05, 4.69) is 32.2 Å². The first-order valence-corrected chi connectivity index (χ1v) is 9.68. The van der Waals surface area contributed by atoms with Crippen LogP contribution in [0.1, 0.15) is 24.8 Å². The van der Waals surface area contributed by atoms with Crippen molar-refractivity contribution in [1.29, 1.82) is 0 Å². The van der Waals surface area contributed by atoms with E-state index >= 15 is 0 Å². The van der Waals surface area contributed by atoms with Gasteiger partial charge >= 0.3 is 0 Å². The maximum absolute atomic E-state index is 14.2. The highest BCUT2D eigenvalue weighted by atomic mass is 35.5. The number of anilines is 1. The molecule has 6 nitrogen and oxygen atoms in total. The van der Waals surface area contributed by atoms with Gasteiger partial charge in [0.25, 0.3) is 0 Å². The van der Waals surface area contributed by atoms with Gasteiger partial charge in [0.2, 0.25) is 0 Å². The summed E-state index contributed by atoms with van der Waals surface area (Å²) in [5.41, 5.74) is 9.38. The molecule has 3 heterocycles. The number of piperidine rings is 1. The number of nitrogens with one attached hydrogen (secondary N) is 1. The van der Waals surface area contributed by atoms with Gasteiger partial charge in [0.15, 0.2) is 5.82 Å². The van der Waals surface area contributed by atoms with Crippen molar-refractivity contribution in [3.8, 4) is 11.3 Å². The van der Waals surface area contributed by atoms with E-state index in [1.54, 1.807) is 6.07 Å². The molecule has 2 aromatic heterocycles. The first-order valence-electron chi connectivity index (χ1n) is 9.68. The molecule has 154 valence electrons. The number of hydrogen-bond donors (Lipinski definition) is 2. The molecule has 1 aliphatic heterocycles. The average molecular weight is 417 g/mol. The summed E-state index contributed by atoms with van der Waals surface area (Å²) in [5.74, 6) is 0.0463. The van der Waals surface area contributed by atoms with Gasteiger partial charge in [0.1, 0.15) is 17.7 Å². The fraction of sp³-hybridized carbons (Fsp3) is 0.381. The number of nitrogens with zero attached hydrogens (tertiary/aromatic N) is 4. The standard InChI is InChI=1S/C21H25FN6.ClH/c1-28-7-3-2-4-17(28)12-24-11-14-8-15(10-16(22)9-14)18-5-6-19-20(27-18)21(23)26-13-25-19;/h5-6,8-10,13,17,24H,2-4,7,11-12H2,1H3,(H2,23,25,26);1H. The normalized spacial score (nSPS) is 17.2. The Labute approximate surface area is 176 Å². The Morgan fingerprint density at radius 2 is 2.07 bits per heavy atom. The topological polar surface area (TPSA) is 80.0 Å². The average Bonchev–Trinajstić information content (AvgIpc) is 2.69. The van der Waals surface area contributed by atoms with Crippen LogP contribution in [0.4, 0.5) is 10.2 Å². The van der Waals surface area contributed by atoms with Crippen LogP contribution in [-0.2, 0) is 6.54 Å². The molecular formula is C21H26ClFN6. The van der Waals surface area contributed by atoms with Gasteiger partial charge in [-0.15, -0.1) is 12.4 Å². The molecule has 1 aliphatic rings. The molecule has 0 bridgehead atoms. The second-order valence-corrected chi connectivity index (χ2v) is 7.43. The maximum Gasteiger partial charge on any atom is 0.153 e. The molecule has 0 spiro atoms. The lowest BCUT2D eigenvalue weighted by Gasteiger charge is -2.32. The van der Waals surface area contributed by atoms with Crippen LogP contribution in [0.3, 0.4) is 0 Å². The summed E-state index contributed by atoms with van der Waals surface area (Å²) in [5, 5.41) is 3.48. The van der Waals surface area contributed by atoms with Crippen molar-refractivity contribution in [1.82, 2.24) is 25.2 Å². The van der Waals surface area contributed by atoms with Crippen molar-refractivity contribution in [2.45, 2.75) is 31.8 Å². The van der Waals surface area contributed by atoms with Crippen molar-refractivity contribution in [2.75, 3.05) is 25.9 Å². The van der Waals surface area contributed by atoms with Crippen LogP contribution < -0.4 is 11.1 Å². The minimum Gasteiger partial charge on any atom is -0.382 e. The van der Waals surface area contributed by atoms with Crippen LogP contribution in [0.5, 0.6) is 0 Å². The number of hydrogen-bond acceptors (Lipinski definition) is 6. The number of fused-ring (bicyclic) bond motifs is 1. The molecule has 4 rings (SSSR count). The maximum atomic E-state index is 14.2. The molecule has 1 atom stereocenters. The van der Waals surface area contributed by atoms with Crippen LogP contribution in [0, 0.1) is 5.82 Å². The highest BCUT2D eigenvalue weighted by molar-refractivity contribution is 5.86. The van der Waals surface area contributed by atoms with Gasteiger partial charge < -0.3 is 16.0 Å². The Hall–Kier alpha value is -2.35. The molecule has 1 fully saturated rings. The van der Waals surface area contributed by atoms with Crippen molar-refractivity contribution >= 4 is 29.3 Å². The highest BCUT2D eigenvalue weighted by Gasteiger charge is 2.18. The molecule has 3 N–H and O–H groups in total. The Morgan fingerprint density at radius 3 is 2.90 bits per heavy atom. The zero-order valence-electron chi connectivity index (χ0n) is 16.4.